The lowest BCUT2D eigenvalue weighted by Gasteiger charge is -2.28. The van der Waals surface area contributed by atoms with Crippen LogP contribution < -0.4 is 15.0 Å². The lowest BCUT2D eigenvalue weighted by Crippen LogP contribution is -2.43. The maximum Gasteiger partial charge on any atom is 0.215 e. The third kappa shape index (κ3) is 3.24. The number of rotatable bonds is 4. The third-order valence-corrected chi connectivity index (χ3v) is 3.94. The van der Waals surface area contributed by atoms with Gasteiger partial charge in [0.1, 0.15) is 12.4 Å². The van der Waals surface area contributed by atoms with Crippen LogP contribution in [0.1, 0.15) is 4.88 Å². The zero-order valence-corrected chi connectivity index (χ0v) is 11.5. The molecule has 1 fully saturated rings. The first-order valence-electron chi connectivity index (χ1n) is 6.50. The SMILES string of the molecule is c1cc(OCc2cccs2)nc(N2CCNCC2)c1. The summed E-state index contributed by atoms with van der Waals surface area (Å²) in [6, 6.07) is 10.1. The summed E-state index contributed by atoms with van der Waals surface area (Å²) in [5.74, 6) is 1.70. The van der Waals surface area contributed by atoms with Gasteiger partial charge in [0, 0.05) is 37.1 Å². The average Bonchev–Trinajstić information content (AvgIpc) is 3.00. The topological polar surface area (TPSA) is 37.4 Å². The number of hydrogen-bond donors (Lipinski definition) is 1. The molecule has 0 atom stereocenters. The highest BCUT2D eigenvalue weighted by molar-refractivity contribution is 7.09. The van der Waals surface area contributed by atoms with E-state index in [2.05, 4.69) is 26.6 Å². The van der Waals surface area contributed by atoms with Crippen molar-refractivity contribution in [2.75, 3.05) is 31.1 Å². The number of pyridine rings is 1. The molecule has 3 rings (SSSR count). The molecule has 1 saturated heterocycles. The summed E-state index contributed by atoms with van der Waals surface area (Å²) in [7, 11) is 0. The van der Waals surface area contributed by atoms with Gasteiger partial charge in [-0.1, -0.05) is 12.1 Å². The van der Waals surface area contributed by atoms with Crippen molar-refractivity contribution < 1.29 is 4.74 Å². The van der Waals surface area contributed by atoms with E-state index in [1.54, 1.807) is 11.3 Å². The van der Waals surface area contributed by atoms with E-state index >= 15 is 0 Å². The van der Waals surface area contributed by atoms with E-state index < -0.39 is 0 Å². The predicted octanol–water partition coefficient (Wildman–Crippen LogP) is 2.13. The summed E-state index contributed by atoms with van der Waals surface area (Å²) in [6.45, 7) is 4.63. The molecule has 0 amide bonds. The number of thiophene rings is 1. The molecule has 4 nitrogen and oxygen atoms in total. The van der Waals surface area contributed by atoms with Crippen LogP contribution >= 0.6 is 11.3 Å². The van der Waals surface area contributed by atoms with Crippen LogP contribution in [0.25, 0.3) is 0 Å². The van der Waals surface area contributed by atoms with Gasteiger partial charge in [0.25, 0.3) is 0 Å². The van der Waals surface area contributed by atoms with Crippen LogP contribution in [0.15, 0.2) is 35.7 Å². The van der Waals surface area contributed by atoms with Crippen molar-refractivity contribution >= 4 is 17.2 Å². The molecule has 1 aliphatic heterocycles. The van der Waals surface area contributed by atoms with E-state index in [9.17, 15) is 0 Å². The van der Waals surface area contributed by atoms with Gasteiger partial charge in [-0.05, 0) is 17.5 Å². The standard InChI is InChI=1S/C14H17N3OS/c1-4-13(17-8-6-15-7-9-17)16-14(5-1)18-11-12-3-2-10-19-12/h1-5,10,15H,6-9,11H2. The molecule has 3 heterocycles. The summed E-state index contributed by atoms with van der Waals surface area (Å²) in [5.41, 5.74) is 0. The lowest BCUT2D eigenvalue weighted by atomic mass is 10.3. The Labute approximate surface area is 117 Å². The summed E-state index contributed by atoms with van der Waals surface area (Å²) in [5, 5.41) is 5.40. The molecule has 0 unspecified atom stereocenters. The van der Waals surface area contributed by atoms with Gasteiger partial charge in [0.15, 0.2) is 0 Å². The van der Waals surface area contributed by atoms with Crippen molar-refractivity contribution in [1.29, 1.82) is 0 Å². The van der Waals surface area contributed by atoms with Crippen molar-refractivity contribution in [1.82, 2.24) is 10.3 Å². The zero-order chi connectivity index (χ0) is 12.9. The van der Waals surface area contributed by atoms with E-state index in [-0.39, 0.29) is 0 Å². The lowest BCUT2D eigenvalue weighted by molar-refractivity contribution is 0.297. The van der Waals surface area contributed by atoms with Gasteiger partial charge in [0.05, 0.1) is 0 Å². The number of aromatic nitrogens is 1. The Hall–Kier alpha value is -1.59. The van der Waals surface area contributed by atoms with E-state index in [0.29, 0.717) is 12.5 Å². The molecule has 0 spiro atoms. The largest absolute Gasteiger partial charge is 0.472 e. The Morgan fingerprint density at radius 2 is 2.11 bits per heavy atom. The molecule has 0 aliphatic carbocycles. The van der Waals surface area contributed by atoms with Crippen LogP contribution in [0, 0.1) is 0 Å². The summed E-state index contributed by atoms with van der Waals surface area (Å²) < 4.78 is 5.74. The van der Waals surface area contributed by atoms with Gasteiger partial charge in [-0.25, -0.2) is 0 Å². The van der Waals surface area contributed by atoms with Gasteiger partial charge < -0.3 is 15.0 Å². The molecule has 1 aliphatic rings. The Balaban J connectivity index is 1.65. The first-order chi connectivity index (χ1) is 9.42. The molecular formula is C14H17N3OS. The molecule has 5 heteroatoms. The number of ether oxygens (including phenoxy) is 1. The molecule has 2 aromatic heterocycles. The van der Waals surface area contributed by atoms with Gasteiger partial charge in [-0.3, -0.25) is 0 Å². The minimum atomic E-state index is 0.593. The summed E-state index contributed by atoms with van der Waals surface area (Å²) >= 11 is 1.70. The van der Waals surface area contributed by atoms with E-state index in [1.165, 1.54) is 4.88 Å². The van der Waals surface area contributed by atoms with Crippen LogP contribution in [-0.4, -0.2) is 31.2 Å². The fourth-order valence-corrected chi connectivity index (χ4v) is 2.71. The molecular weight excluding hydrogens is 258 g/mol. The van der Waals surface area contributed by atoms with Gasteiger partial charge in [-0.15, -0.1) is 11.3 Å². The van der Waals surface area contributed by atoms with Crippen molar-refractivity contribution in [3.05, 3.63) is 40.6 Å². The first kappa shape index (κ1) is 12.4. The second kappa shape index (κ2) is 6.04. The Morgan fingerprint density at radius 1 is 1.21 bits per heavy atom. The number of anilines is 1. The van der Waals surface area contributed by atoms with Crippen LogP contribution in [0.4, 0.5) is 5.82 Å². The van der Waals surface area contributed by atoms with Gasteiger partial charge in [-0.2, -0.15) is 4.98 Å². The summed E-state index contributed by atoms with van der Waals surface area (Å²) in [4.78, 5) is 8.08. The maximum atomic E-state index is 5.74. The smallest absolute Gasteiger partial charge is 0.215 e. The average molecular weight is 275 g/mol. The molecule has 0 aromatic carbocycles. The molecule has 19 heavy (non-hydrogen) atoms. The molecule has 0 saturated carbocycles. The predicted molar refractivity (Wildman–Crippen MR) is 78.0 cm³/mol. The van der Waals surface area contributed by atoms with Crippen LogP contribution in [0.2, 0.25) is 0 Å². The highest BCUT2D eigenvalue weighted by Gasteiger charge is 2.12. The Bertz CT molecular complexity index is 509. The summed E-state index contributed by atoms with van der Waals surface area (Å²) in [6.07, 6.45) is 0. The maximum absolute atomic E-state index is 5.74. The Kier molecular flexibility index (Phi) is 3.95. The van der Waals surface area contributed by atoms with Crippen molar-refractivity contribution in [2.24, 2.45) is 0 Å². The third-order valence-electron chi connectivity index (χ3n) is 3.09. The monoisotopic (exact) mass is 275 g/mol. The zero-order valence-electron chi connectivity index (χ0n) is 10.7. The van der Waals surface area contributed by atoms with E-state index in [0.717, 1.165) is 32.0 Å². The number of nitrogens with one attached hydrogen (secondary N) is 1. The number of piperazine rings is 1. The highest BCUT2D eigenvalue weighted by atomic mass is 32.1. The minimum Gasteiger partial charge on any atom is -0.472 e. The Morgan fingerprint density at radius 3 is 2.89 bits per heavy atom. The van der Waals surface area contributed by atoms with E-state index in [1.807, 2.05) is 24.3 Å². The number of nitrogens with zero attached hydrogens (tertiary/aromatic N) is 2. The number of hydrogen-bond acceptors (Lipinski definition) is 5. The fraction of sp³-hybridized carbons (Fsp3) is 0.357. The highest BCUT2D eigenvalue weighted by Crippen LogP contribution is 2.18. The fourth-order valence-electron chi connectivity index (χ4n) is 2.09. The quantitative estimate of drug-likeness (QED) is 0.927. The van der Waals surface area contributed by atoms with Crippen molar-refractivity contribution in [3.63, 3.8) is 0 Å². The molecule has 100 valence electrons. The molecule has 0 bridgehead atoms. The second-order valence-corrected chi connectivity index (χ2v) is 5.47. The van der Waals surface area contributed by atoms with Crippen LogP contribution in [-0.2, 0) is 6.61 Å². The molecule has 1 N–H and O–H groups in total. The van der Waals surface area contributed by atoms with Crippen molar-refractivity contribution in [2.45, 2.75) is 6.61 Å². The second-order valence-electron chi connectivity index (χ2n) is 4.44. The molecule has 0 radical (unpaired) electrons. The normalized spacial score (nSPS) is 15.5. The van der Waals surface area contributed by atoms with E-state index in [4.69, 9.17) is 4.74 Å². The molecule has 2 aromatic rings. The van der Waals surface area contributed by atoms with Gasteiger partial charge >= 0.3 is 0 Å². The van der Waals surface area contributed by atoms with Crippen molar-refractivity contribution in [3.8, 4) is 5.88 Å². The minimum absolute atomic E-state index is 0.593. The first-order valence-corrected chi connectivity index (χ1v) is 7.38. The van der Waals surface area contributed by atoms with Crippen LogP contribution in [0.3, 0.4) is 0 Å². The van der Waals surface area contributed by atoms with Gasteiger partial charge in [0.2, 0.25) is 5.88 Å². The van der Waals surface area contributed by atoms with Crippen LogP contribution in [0.5, 0.6) is 5.88 Å².